The summed E-state index contributed by atoms with van der Waals surface area (Å²) in [6.45, 7) is 8.42. The molecule has 0 rings (SSSR count). The first kappa shape index (κ1) is 12.5. The molecular weight excluding hydrogens is 180 g/mol. The quantitative estimate of drug-likeness (QED) is 0.462. The molecule has 0 spiro atoms. The van der Waals surface area contributed by atoms with Crippen LogP contribution in [0.25, 0.3) is 0 Å². The van der Waals surface area contributed by atoms with E-state index in [4.69, 9.17) is 11.6 Å². The monoisotopic (exact) mass is 198 g/mol. The number of rotatable bonds is 4. The van der Waals surface area contributed by atoms with Gasteiger partial charge in [-0.1, -0.05) is 30.7 Å². The molecule has 0 heterocycles. The van der Waals surface area contributed by atoms with Crippen molar-refractivity contribution < 1.29 is 0 Å². The van der Waals surface area contributed by atoms with Crippen LogP contribution >= 0.6 is 11.6 Å². The van der Waals surface area contributed by atoms with E-state index in [2.05, 4.69) is 39.0 Å². The van der Waals surface area contributed by atoms with Crippen LogP contribution in [0.2, 0.25) is 0 Å². The van der Waals surface area contributed by atoms with E-state index in [-0.39, 0.29) is 0 Å². The minimum atomic E-state index is 0.591. The van der Waals surface area contributed by atoms with Gasteiger partial charge in [0.1, 0.15) is 0 Å². The summed E-state index contributed by atoms with van der Waals surface area (Å²) >= 11 is 5.76. The van der Waals surface area contributed by atoms with Crippen LogP contribution in [0.15, 0.2) is 34.9 Å². The second-order valence-corrected chi connectivity index (χ2v) is 3.39. The van der Waals surface area contributed by atoms with Crippen molar-refractivity contribution in [3.63, 3.8) is 0 Å². The van der Waals surface area contributed by atoms with Crippen molar-refractivity contribution in [2.75, 3.05) is 5.88 Å². The molecule has 0 aliphatic carbocycles. The minimum absolute atomic E-state index is 0.591. The van der Waals surface area contributed by atoms with E-state index in [1.54, 1.807) is 0 Å². The Bertz CT molecular complexity index is 232. The van der Waals surface area contributed by atoms with Crippen molar-refractivity contribution in [3.8, 4) is 0 Å². The van der Waals surface area contributed by atoms with Gasteiger partial charge in [-0.2, -0.15) is 0 Å². The van der Waals surface area contributed by atoms with Gasteiger partial charge in [-0.25, -0.2) is 0 Å². The fourth-order valence-corrected chi connectivity index (χ4v) is 1.29. The van der Waals surface area contributed by atoms with Crippen LogP contribution in [0.4, 0.5) is 0 Å². The molecule has 1 heteroatoms. The van der Waals surface area contributed by atoms with Crippen molar-refractivity contribution in [3.05, 3.63) is 34.9 Å². The van der Waals surface area contributed by atoms with Crippen molar-refractivity contribution in [2.45, 2.75) is 34.1 Å². The van der Waals surface area contributed by atoms with Crippen molar-refractivity contribution in [2.24, 2.45) is 0 Å². The molecule has 0 amide bonds. The number of hydrogen-bond donors (Lipinski definition) is 0. The molecule has 0 atom stereocenters. The summed E-state index contributed by atoms with van der Waals surface area (Å²) in [7, 11) is 0. The van der Waals surface area contributed by atoms with Gasteiger partial charge in [0.05, 0.1) is 0 Å². The number of alkyl halides is 1. The highest BCUT2D eigenvalue weighted by molar-refractivity contribution is 6.19. The first-order valence-electron chi connectivity index (χ1n) is 4.72. The highest BCUT2D eigenvalue weighted by atomic mass is 35.5. The molecule has 0 radical (unpaired) electrons. The molecule has 0 saturated carbocycles. The summed E-state index contributed by atoms with van der Waals surface area (Å²) in [4.78, 5) is 0. The Hall–Kier alpha value is -0.490. The average molecular weight is 199 g/mol. The van der Waals surface area contributed by atoms with Gasteiger partial charge in [0.2, 0.25) is 0 Å². The second kappa shape index (κ2) is 6.97. The molecule has 0 N–H and O–H groups in total. The SMILES string of the molecule is CC=C(C=C(C)C(C)=CCC)CCl. The molecule has 0 aliphatic heterocycles. The molecule has 74 valence electrons. The maximum atomic E-state index is 5.76. The van der Waals surface area contributed by atoms with Gasteiger partial charge < -0.3 is 0 Å². The average Bonchev–Trinajstić information content (AvgIpc) is 2.14. The molecular formula is C12H19Cl. The van der Waals surface area contributed by atoms with Crippen LogP contribution in [0, 0.1) is 0 Å². The molecule has 0 bridgehead atoms. The number of hydrogen-bond acceptors (Lipinski definition) is 0. The lowest BCUT2D eigenvalue weighted by molar-refractivity contribution is 1.17. The van der Waals surface area contributed by atoms with Gasteiger partial charge in [0.15, 0.2) is 0 Å². The van der Waals surface area contributed by atoms with Crippen molar-refractivity contribution in [1.29, 1.82) is 0 Å². The summed E-state index contributed by atoms with van der Waals surface area (Å²) in [6.07, 6.45) is 7.51. The molecule has 0 saturated heterocycles. The van der Waals surface area contributed by atoms with Crippen LogP contribution < -0.4 is 0 Å². The standard InChI is InChI=1S/C12H19Cl/c1-5-7-10(3)11(4)8-12(6-2)9-13/h6-8H,5,9H2,1-4H3. The first-order chi connectivity index (χ1) is 6.15. The van der Waals surface area contributed by atoms with Gasteiger partial charge in [-0.05, 0) is 38.3 Å². The van der Waals surface area contributed by atoms with Crippen molar-refractivity contribution in [1.82, 2.24) is 0 Å². The maximum Gasteiger partial charge on any atom is 0.0470 e. The Balaban J connectivity index is 4.57. The van der Waals surface area contributed by atoms with Crippen LogP contribution in [0.5, 0.6) is 0 Å². The number of allylic oxidation sites excluding steroid dienone is 6. The van der Waals surface area contributed by atoms with E-state index in [1.807, 2.05) is 6.92 Å². The fraction of sp³-hybridized carbons (Fsp3) is 0.500. The molecule has 0 nitrogen and oxygen atoms in total. The lowest BCUT2D eigenvalue weighted by Crippen LogP contribution is -1.84. The molecule has 0 aromatic heterocycles. The van der Waals surface area contributed by atoms with Crippen LogP contribution in [-0.4, -0.2) is 5.88 Å². The van der Waals surface area contributed by atoms with Gasteiger partial charge in [0.25, 0.3) is 0 Å². The summed E-state index contributed by atoms with van der Waals surface area (Å²) in [5, 5.41) is 0. The highest BCUT2D eigenvalue weighted by Gasteiger charge is 1.94. The molecule has 0 aromatic rings. The molecule has 0 unspecified atom stereocenters. The van der Waals surface area contributed by atoms with Gasteiger partial charge in [-0.15, -0.1) is 11.6 Å². The third-order valence-corrected chi connectivity index (χ3v) is 2.37. The summed E-state index contributed by atoms with van der Waals surface area (Å²) < 4.78 is 0. The van der Waals surface area contributed by atoms with E-state index >= 15 is 0 Å². The van der Waals surface area contributed by atoms with Gasteiger partial charge in [0, 0.05) is 5.88 Å². The Morgan fingerprint density at radius 2 is 1.85 bits per heavy atom. The zero-order valence-corrected chi connectivity index (χ0v) is 9.78. The first-order valence-corrected chi connectivity index (χ1v) is 5.25. The summed E-state index contributed by atoms with van der Waals surface area (Å²) in [5.74, 6) is 0.591. The van der Waals surface area contributed by atoms with Crippen molar-refractivity contribution >= 4 is 11.6 Å². The largest absolute Gasteiger partial charge is 0.122 e. The third-order valence-electron chi connectivity index (χ3n) is 2.06. The second-order valence-electron chi connectivity index (χ2n) is 3.12. The fourth-order valence-electron chi connectivity index (χ4n) is 1.06. The van der Waals surface area contributed by atoms with Gasteiger partial charge in [-0.3, -0.25) is 0 Å². The maximum absolute atomic E-state index is 5.76. The molecule has 0 aromatic carbocycles. The summed E-state index contributed by atoms with van der Waals surface area (Å²) in [5.41, 5.74) is 3.82. The predicted molar refractivity (Wildman–Crippen MR) is 62.3 cm³/mol. The topological polar surface area (TPSA) is 0 Å². The van der Waals surface area contributed by atoms with E-state index in [0.717, 1.165) is 6.42 Å². The van der Waals surface area contributed by atoms with E-state index < -0.39 is 0 Å². The third kappa shape index (κ3) is 4.94. The Morgan fingerprint density at radius 3 is 2.23 bits per heavy atom. The predicted octanol–water partition coefficient (Wildman–Crippen LogP) is 4.47. The van der Waals surface area contributed by atoms with E-state index in [0.29, 0.717) is 5.88 Å². The van der Waals surface area contributed by atoms with Crippen LogP contribution in [0.1, 0.15) is 34.1 Å². The normalized spacial score (nSPS) is 15.0. The van der Waals surface area contributed by atoms with Gasteiger partial charge >= 0.3 is 0 Å². The van der Waals surface area contributed by atoms with Crippen LogP contribution in [0.3, 0.4) is 0 Å². The Morgan fingerprint density at radius 1 is 1.23 bits per heavy atom. The highest BCUT2D eigenvalue weighted by Crippen LogP contribution is 2.13. The Labute approximate surface area is 87.0 Å². The van der Waals surface area contributed by atoms with E-state index in [9.17, 15) is 0 Å². The molecule has 0 aliphatic rings. The van der Waals surface area contributed by atoms with E-state index in [1.165, 1.54) is 16.7 Å². The zero-order valence-electron chi connectivity index (χ0n) is 9.02. The molecule has 0 fully saturated rings. The summed E-state index contributed by atoms with van der Waals surface area (Å²) in [6, 6.07) is 0. The lowest BCUT2D eigenvalue weighted by atomic mass is 10.1. The zero-order chi connectivity index (χ0) is 10.3. The van der Waals surface area contributed by atoms with Crippen LogP contribution in [-0.2, 0) is 0 Å². The molecule has 13 heavy (non-hydrogen) atoms. The number of halogens is 1. The minimum Gasteiger partial charge on any atom is -0.122 e. The smallest absolute Gasteiger partial charge is 0.0470 e. The Kier molecular flexibility index (Phi) is 6.70. The lowest BCUT2D eigenvalue weighted by Gasteiger charge is -2.02.